The standard InChI is InChI=1S/C15H22FN/c1-11(13-6-3-4-7-13)17-12(2)14-8-5-9-15(16)10-14/h5,8-13,17H,3-4,6-7H2,1-2H3. The van der Waals surface area contributed by atoms with Gasteiger partial charge in [-0.2, -0.15) is 0 Å². The average Bonchev–Trinajstić information content (AvgIpc) is 2.82. The Labute approximate surface area is 103 Å². The molecule has 2 rings (SSSR count). The Morgan fingerprint density at radius 1 is 1.24 bits per heavy atom. The lowest BCUT2D eigenvalue weighted by Crippen LogP contribution is -2.34. The minimum absolute atomic E-state index is 0.148. The summed E-state index contributed by atoms with van der Waals surface area (Å²) >= 11 is 0. The van der Waals surface area contributed by atoms with Crippen LogP contribution in [0.25, 0.3) is 0 Å². The summed E-state index contributed by atoms with van der Waals surface area (Å²) in [5.41, 5.74) is 1.04. The fourth-order valence-electron chi connectivity index (χ4n) is 2.86. The number of rotatable bonds is 4. The summed E-state index contributed by atoms with van der Waals surface area (Å²) in [7, 11) is 0. The Morgan fingerprint density at radius 3 is 2.59 bits per heavy atom. The second-order valence-corrected chi connectivity index (χ2v) is 5.28. The van der Waals surface area contributed by atoms with Crippen molar-refractivity contribution in [1.82, 2.24) is 5.32 Å². The van der Waals surface area contributed by atoms with E-state index in [2.05, 4.69) is 19.2 Å². The van der Waals surface area contributed by atoms with Gasteiger partial charge < -0.3 is 5.32 Å². The summed E-state index contributed by atoms with van der Waals surface area (Å²) in [6, 6.07) is 7.64. The molecule has 1 aliphatic carbocycles. The average molecular weight is 235 g/mol. The molecule has 1 saturated carbocycles. The van der Waals surface area contributed by atoms with Gasteiger partial charge in [0.2, 0.25) is 0 Å². The van der Waals surface area contributed by atoms with E-state index in [-0.39, 0.29) is 11.9 Å². The summed E-state index contributed by atoms with van der Waals surface area (Å²) in [5, 5.41) is 3.60. The quantitative estimate of drug-likeness (QED) is 0.830. The minimum Gasteiger partial charge on any atom is -0.307 e. The number of halogens is 1. The van der Waals surface area contributed by atoms with Crippen molar-refractivity contribution in [2.45, 2.75) is 51.6 Å². The molecule has 1 N–H and O–H groups in total. The molecule has 1 aromatic carbocycles. The SMILES string of the molecule is CC(NC(C)C1CCCC1)c1cccc(F)c1. The molecule has 2 atom stereocenters. The predicted molar refractivity (Wildman–Crippen MR) is 69.4 cm³/mol. The van der Waals surface area contributed by atoms with Crippen LogP contribution in [0.1, 0.15) is 51.1 Å². The summed E-state index contributed by atoms with van der Waals surface area (Å²) in [5.74, 6) is 0.649. The fourth-order valence-corrected chi connectivity index (χ4v) is 2.86. The summed E-state index contributed by atoms with van der Waals surface area (Å²) in [6.45, 7) is 4.37. The third kappa shape index (κ3) is 3.29. The van der Waals surface area contributed by atoms with E-state index in [1.807, 2.05) is 6.07 Å². The van der Waals surface area contributed by atoms with Gasteiger partial charge in [-0.05, 0) is 50.3 Å². The van der Waals surface area contributed by atoms with E-state index in [0.717, 1.165) is 11.5 Å². The van der Waals surface area contributed by atoms with Crippen LogP contribution in [-0.2, 0) is 0 Å². The normalized spacial score (nSPS) is 20.4. The first-order valence-corrected chi connectivity index (χ1v) is 6.68. The maximum absolute atomic E-state index is 13.1. The molecule has 0 bridgehead atoms. The van der Waals surface area contributed by atoms with E-state index in [9.17, 15) is 4.39 Å². The highest BCUT2D eigenvalue weighted by Gasteiger charge is 2.22. The van der Waals surface area contributed by atoms with Crippen molar-refractivity contribution < 1.29 is 4.39 Å². The van der Waals surface area contributed by atoms with Gasteiger partial charge in [-0.1, -0.05) is 25.0 Å². The molecule has 94 valence electrons. The molecule has 1 fully saturated rings. The second kappa shape index (κ2) is 5.63. The maximum atomic E-state index is 13.1. The summed E-state index contributed by atoms with van der Waals surface area (Å²) in [6.07, 6.45) is 5.41. The molecule has 1 aliphatic rings. The number of hydrogen-bond acceptors (Lipinski definition) is 1. The Balaban J connectivity index is 1.93. The van der Waals surface area contributed by atoms with Gasteiger partial charge >= 0.3 is 0 Å². The first kappa shape index (κ1) is 12.6. The first-order chi connectivity index (χ1) is 8.16. The van der Waals surface area contributed by atoms with E-state index in [0.29, 0.717) is 6.04 Å². The minimum atomic E-state index is -0.148. The van der Waals surface area contributed by atoms with Gasteiger partial charge in [0.1, 0.15) is 5.82 Å². The van der Waals surface area contributed by atoms with Crippen LogP contribution in [0.4, 0.5) is 4.39 Å². The molecule has 1 aromatic rings. The zero-order valence-electron chi connectivity index (χ0n) is 10.7. The Bertz CT molecular complexity index is 358. The topological polar surface area (TPSA) is 12.0 Å². The van der Waals surface area contributed by atoms with Crippen LogP contribution in [0, 0.1) is 11.7 Å². The van der Waals surface area contributed by atoms with Crippen molar-refractivity contribution in [3.8, 4) is 0 Å². The molecule has 2 heteroatoms. The number of nitrogens with one attached hydrogen (secondary N) is 1. The van der Waals surface area contributed by atoms with Gasteiger partial charge in [0.25, 0.3) is 0 Å². The molecule has 0 aromatic heterocycles. The van der Waals surface area contributed by atoms with Crippen molar-refractivity contribution >= 4 is 0 Å². The zero-order valence-corrected chi connectivity index (χ0v) is 10.7. The Morgan fingerprint density at radius 2 is 1.94 bits per heavy atom. The highest BCUT2D eigenvalue weighted by Crippen LogP contribution is 2.28. The second-order valence-electron chi connectivity index (χ2n) is 5.28. The van der Waals surface area contributed by atoms with Crippen LogP contribution in [0.3, 0.4) is 0 Å². The number of benzene rings is 1. The van der Waals surface area contributed by atoms with Crippen LogP contribution >= 0.6 is 0 Å². The van der Waals surface area contributed by atoms with Crippen molar-refractivity contribution in [3.63, 3.8) is 0 Å². The molecule has 0 aliphatic heterocycles. The monoisotopic (exact) mass is 235 g/mol. The lowest BCUT2D eigenvalue weighted by Gasteiger charge is -2.25. The molecular formula is C15H22FN. The van der Waals surface area contributed by atoms with Crippen LogP contribution in [0.5, 0.6) is 0 Å². The van der Waals surface area contributed by atoms with Crippen molar-refractivity contribution in [3.05, 3.63) is 35.6 Å². The molecule has 0 spiro atoms. The molecule has 0 radical (unpaired) electrons. The Hall–Kier alpha value is -0.890. The van der Waals surface area contributed by atoms with Crippen LogP contribution in [0.2, 0.25) is 0 Å². The largest absolute Gasteiger partial charge is 0.307 e. The fraction of sp³-hybridized carbons (Fsp3) is 0.600. The smallest absolute Gasteiger partial charge is 0.123 e. The molecule has 0 heterocycles. The van der Waals surface area contributed by atoms with Crippen LogP contribution in [-0.4, -0.2) is 6.04 Å². The van der Waals surface area contributed by atoms with Gasteiger partial charge in [-0.25, -0.2) is 4.39 Å². The van der Waals surface area contributed by atoms with Crippen molar-refractivity contribution in [2.24, 2.45) is 5.92 Å². The van der Waals surface area contributed by atoms with Gasteiger partial charge in [-0.3, -0.25) is 0 Å². The maximum Gasteiger partial charge on any atom is 0.123 e. The van der Waals surface area contributed by atoms with E-state index < -0.39 is 0 Å². The van der Waals surface area contributed by atoms with Crippen molar-refractivity contribution in [2.75, 3.05) is 0 Å². The van der Waals surface area contributed by atoms with Crippen LogP contribution in [0.15, 0.2) is 24.3 Å². The highest BCUT2D eigenvalue weighted by atomic mass is 19.1. The molecule has 1 nitrogen and oxygen atoms in total. The van der Waals surface area contributed by atoms with Crippen LogP contribution < -0.4 is 5.32 Å². The summed E-state index contributed by atoms with van der Waals surface area (Å²) in [4.78, 5) is 0. The lowest BCUT2D eigenvalue weighted by molar-refractivity contribution is 0.352. The van der Waals surface area contributed by atoms with E-state index in [1.165, 1.54) is 31.7 Å². The molecule has 0 amide bonds. The van der Waals surface area contributed by atoms with Crippen molar-refractivity contribution in [1.29, 1.82) is 0 Å². The summed E-state index contributed by atoms with van der Waals surface area (Å²) < 4.78 is 13.1. The zero-order chi connectivity index (χ0) is 12.3. The molecule has 2 unspecified atom stereocenters. The van der Waals surface area contributed by atoms with Gasteiger partial charge in [-0.15, -0.1) is 0 Å². The third-order valence-electron chi connectivity index (χ3n) is 3.97. The Kier molecular flexibility index (Phi) is 4.16. The van der Waals surface area contributed by atoms with E-state index in [1.54, 1.807) is 12.1 Å². The van der Waals surface area contributed by atoms with Gasteiger partial charge in [0, 0.05) is 12.1 Å². The molecule has 0 saturated heterocycles. The first-order valence-electron chi connectivity index (χ1n) is 6.68. The highest BCUT2D eigenvalue weighted by molar-refractivity contribution is 5.19. The number of hydrogen-bond donors (Lipinski definition) is 1. The molecule has 17 heavy (non-hydrogen) atoms. The molecular weight excluding hydrogens is 213 g/mol. The lowest BCUT2D eigenvalue weighted by atomic mass is 9.98. The third-order valence-corrected chi connectivity index (χ3v) is 3.97. The van der Waals surface area contributed by atoms with E-state index >= 15 is 0 Å². The van der Waals surface area contributed by atoms with Gasteiger partial charge in [0.05, 0.1) is 0 Å². The predicted octanol–water partition coefficient (Wildman–Crippen LogP) is 4.06. The van der Waals surface area contributed by atoms with Gasteiger partial charge in [0.15, 0.2) is 0 Å². The van der Waals surface area contributed by atoms with E-state index in [4.69, 9.17) is 0 Å².